The highest BCUT2D eigenvalue weighted by molar-refractivity contribution is 6.30. The predicted molar refractivity (Wildman–Crippen MR) is 144 cm³/mol. The summed E-state index contributed by atoms with van der Waals surface area (Å²) in [5, 5.41) is 0.722. The van der Waals surface area contributed by atoms with E-state index in [1.165, 1.54) is 24.8 Å². The normalized spacial score (nSPS) is 22.5. The smallest absolute Gasteiger partial charge is 0.315 e. The highest BCUT2D eigenvalue weighted by Crippen LogP contribution is 2.51. The lowest BCUT2D eigenvalue weighted by molar-refractivity contribution is -0.915. The first kappa shape index (κ1) is 27.5. The molecule has 0 bridgehead atoms. The summed E-state index contributed by atoms with van der Waals surface area (Å²) in [7, 11) is 2.20. The van der Waals surface area contributed by atoms with Crippen LogP contribution in [-0.4, -0.2) is 37.3 Å². The molecule has 1 saturated heterocycles. The number of benzene rings is 2. The topological polar surface area (TPSA) is 35.5 Å². The van der Waals surface area contributed by atoms with Crippen molar-refractivity contribution in [3.05, 3.63) is 58.6 Å². The van der Waals surface area contributed by atoms with E-state index in [-0.39, 0.29) is 17.8 Å². The molecule has 5 heteroatoms. The summed E-state index contributed by atoms with van der Waals surface area (Å²) in [6.07, 6.45) is 5.54. The van der Waals surface area contributed by atoms with Gasteiger partial charge in [-0.2, -0.15) is 0 Å². The van der Waals surface area contributed by atoms with Crippen LogP contribution in [0.25, 0.3) is 0 Å². The van der Waals surface area contributed by atoms with Crippen LogP contribution < -0.4 is 4.74 Å². The Labute approximate surface area is 217 Å². The van der Waals surface area contributed by atoms with Gasteiger partial charge in [0.25, 0.3) is 0 Å². The van der Waals surface area contributed by atoms with Crippen molar-refractivity contribution >= 4 is 17.6 Å². The van der Waals surface area contributed by atoms with Crippen molar-refractivity contribution in [3.63, 3.8) is 0 Å². The van der Waals surface area contributed by atoms with Crippen LogP contribution in [0.4, 0.5) is 0 Å². The van der Waals surface area contributed by atoms with Crippen LogP contribution in [-0.2, 0) is 9.53 Å². The Kier molecular flexibility index (Phi) is 9.28. The number of hydrogen-bond acceptors (Lipinski definition) is 3. The molecule has 0 N–H and O–H groups in total. The number of hydrogen-bond donors (Lipinski definition) is 0. The van der Waals surface area contributed by atoms with Gasteiger partial charge in [0, 0.05) is 28.0 Å². The monoisotopic (exact) mass is 500 g/mol. The first-order chi connectivity index (χ1) is 16.7. The number of carbonyl (C=O) groups is 1. The number of nitrogens with zero attached hydrogens (tertiary/aromatic N) is 1. The summed E-state index contributed by atoms with van der Waals surface area (Å²) in [6, 6.07) is 14.2. The Morgan fingerprint density at radius 2 is 1.69 bits per heavy atom. The van der Waals surface area contributed by atoms with E-state index < -0.39 is 5.41 Å². The standard InChI is InChI=1S/C28H37ClNO3.C2H6/c1-5-6-7-10-15-28(2,3)27(31)32-19-30(4)17-23-21-11-8-9-12-25(21)33-26-14-13-20(29)16-22(26)24(23)18-30;1-2/h8-9,11-14,16,23-24H,5-7,10,15,17-19H2,1-4H3;1-2H3/q+1;. The largest absolute Gasteiger partial charge is 0.457 e. The van der Waals surface area contributed by atoms with Gasteiger partial charge in [0.15, 0.2) is 0 Å². The molecule has 2 aliphatic heterocycles. The van der Waals surface area contributed by atoms with Crippen molar-refractivity contribution in [1.82, 2.24) is 0 Å². The number of quaternary nitrogens is 1. The fourth-order valence-corrected chi connectivity index (χ4v) is 5.60. The fourth-order valence-electron chi connectivity index (χ4n) is 5.42. The molecule has 0 saturated carbocycles. The molecule has 35 heavy (non-hydrogen) atoms. The molecule has 0 spiro atoms. The van der Waals surface area contributed by atoms with Crippen LogP contribution in [0.5, 0.6) is 11.5 Å². The zero-order valence-electron chi connectivity index (χ0n) is 22.4. The Morgan fingerprint density at radius 1 is 1.03 bits per heavy atom. The Bertz CT molecular complexity index is 1000. The Hall–Kier alpha value is -2.04. The van der Waals surface area contributed by atoms with Crippen LogP contribution in [0.15, 0.2) is 42.5 Å². The average molecular weight is 501 g/mol. The number of unbranched alkanes of at least 4 members (excludes halogenated alkanes) is 3. The first-order valence-corrected chi connectivity index (χ1v) is 13.7. The highest BCUT2D eigenvalue weighted by Gasteiger charge is 2.48. The van der Waals surface area contributed by atoms with Crippen LogP contribution in [0.2, 0.25) is 5.02 Å². The average Bonchev–Trinajstić information content (AvgIpc) is 3.15. The van der Waals surface area contributed by atoms with Crippen molar-refractivity contribution in [1.29, 1.82) is 0 Å². The van der Waals surface area contributed by atoms with Gasteiger partial charge < -0.3 is 9.47 Å². The van der Waals surface area contributed by atoms with E-state index in [2.05, 4.69) is 26.1 Å². The molecule has 2 heterocycles. The van der Waals surface area contributed by atoms with E-state index in [9.17, 15) is 4.79 Å². The Balaban J connectivity index is 0.00000167. The van der Waals surface area contributed by atoms with E-state index in [1.807, 2.05) is 58.0 Å². The van der Waals surface area contributed by atoms with E-state index in [1.54, 1.807) is 0 Å². The SMILES string of the molecule is CC.CCCCCCC(C)(C)C(=O)OC[N+]1(C)CC2c3ccccc3Oc3ccc(Cl)cc3C2C1. The maximum Gasteiger partial charge on any atom is 0.315 e. The minimum Gasteiger partial charge on any atom is -0.457 e. The highest BCUT2D eigenvalue weighted by atomic mass is 35.5. The number of halogens is 1. The van der Waals surface area contributed by atoms with Gasteiger partial charge in [0.2, 0.25) is 6.73 Å². The quantitative estimate of drug-likeness (QED) is 0.208. The van der Waals surface area contributed by atoms with Gasteiger partial charge in [0.1, 0.15) is 11.5 Å². The first-order valence-electron chi connectivity index (χ1n) is 13.3. The van der Waals surface area contributed by atoms with E-state index in [0.29, 0.717) is 11.2 Å². The maximum absolute atomic E-state index is 13.0. The molecule has 0 aromatic heterocycles. The van der Waals surface area contributed by atoms with Crippen molar-refractivity contribution in [2.45, 2.75) is 78.6 Å². The van der Waals surface area contributed by atoms with Crippen LogP contribution in [0.3, 0.4) is 0 Å². The molecular weight excluding hydrogens is 458 g/mol. The van der Waals surface area contributed by atoms with Crippen LogP contribution >= 0.6 is 11.6 Å². The molecule has 0 amide bonds. The van der Waals surface area contributed by atoms with Gasteiger partial charge in [-0.25, -0.2) is 0 Å². The summed E-state index contributed by atoms with van der Waals surface area (Å²) in [6.45, 7) is 12.4. The summed E-state index contributed by atoms with van der Waals surface area (Å²) < 4.78 is 13.0. The second-order valence-electron chi connectivity index (χ2n) is 10.8. The van der Waals surface area contributed by atoms with Gasteiger partial charge in [-0.3, -0.25) is 9.28 Å². The van der Waals surface area contributed by atoms with Crippen molar-refractivity contribution in [2.75, 3.05) is 26.9 Å². The number of carbonyl (C=O) groups excluding carboxylic acids is 1. The molecule has 3 atom stereocenters. The molecule has 4 nitrogen and oxygen atoms in total. The maximum atomic E-state index is 13.0. The second-order valence-corrected chi connectivity index (χ2v) is 11.2. The molecule has 2 aromatic carbocycles. The molecular formula is C30H43ClNO3+. The zero-order chi connectivity index (χ0) is 25.6. The minimum absolute atomic E-state index is 0.0855. The number of ether oxygens (including phenoxy) is 2. The van der Waals surface area contributed by atoms with Crippen LogP contribution in [0, 0.1) is 5.41 Å². The number of likely N-dealkylation sites (tertiary alicyclic amines) is 1. The zero-order valence-corrected chi connectivity index (χ0v) is 23.2. The molecule has 3 unspecified atom stereocenters. The summed E-state index contributed by atoms with van der Waals surface area (Å²) in [5.74, 6) is 2.24. The van der Waals surface area contributed by atoms with Gasteiger partial charge >= 0.3 is 5.97 Å². The van der Waals surface area contributed by atoms with Crippen molar-refractivity contribution in [2.24, 2.45) is 5.41 Å². The lowest BCUT2D eigenvalue weighted by Crippen LogP contribution is -2.45. The molecule has 192 valence electrons. The van der Waals surface area contributed by atoms with E-state index in [4.69, 9.17) is 21.1 Å². The van der Waals surface area contributed by atoms with E-state index in [0.717, 1.165) is 48.0 Å². The third-order valence-corrected chi connectivity index (χ3v) is 7.62. The lowest BCUT2D eigenvalue weighted by atomic mass is 9.84. The molecule has 2 aromatic rings. The molecule has 0 aliphatic carbocycles. The predicted octanol–water partition coefficient (Wildman–Crippen LogP) is 8.30. The van der Waals surface area contributed by atoms with Gasteiger partial charge in [-0.1, -0.05) is 76.3 Å². The summed E-state index contributed by atoms with van der Waals surface area (Å²) >= 11 is 6.39. The third kappa shape index (κ3) is 6.40. The molecule has 2 aliphatic rings. The fraction of sp³-hybridized carbons (Fsp3) is 0.567. The molecule has 4 rings (SSSR count). The van der Waals surface area contributed by atoms with Gasteiger partial charge in [-0.05, 0) is 44.5 Å². The summed E-state index contributed by atoms with van der Waals surface area (Å²) in [5.41, 5.74) is 1.92. The minimum atomic E-state index is -0.447. The number of likely N-dealkylation sites (N-methyl/N-ethyl adjacent to an activating group) is 1. The number of esters is 1. The molecule has 1 fully saturated rings. The number of fused-ring (bicyclic) bond motifs is 5. The second kappa shape index (κ2) is 11.8. The third-order valence-electron chi connectivity index (χ3n) is 7.39. The summed E-state index contributed by atoms with van der Waals surface area (Å²) in [4.78, 5) is 13.0. The van der Waals surface area contributed by atoms with E-state index >= 15 is 0 Å². The lowest BCUT2D eigenvalue weighted by Gasteiger charge is -2.31. The number of rotatable bonds is 8. The Morgan fingerprint density at radius 3 is 2.40 bits per heavy atom. The van der Waals surface area contributed by atoms with Crippen LogP contribution in [0.1, 0.15) is 89.7 Å². The molecule has 0 radical (unpaired) electrons. The van der Waals surface area contributed by atoms with Crippen molar-refractivity contribution < 1.29 is 18.8 Å². The van der Waals surface area contributed by atoms with Gasteiger partial charge in [-0.15, -0.1) is 0 Å². The van der Waals surface area contributed by atoms with Gasteiger partial charge in [0.05, 0.1) is 25.6 Å². The number of para-hydroxylation sites is 1. The van der Waals surface area contributed by atoms with Crippen molar-refractivity contribution in [3.8, 4) is 11.5 Å².